The van der Waals surface area contributed by atoms with Crippen molar-refractivity contribution in [3.8, 4) is 0 Å². The van der Waals surface area contributed by atoms with Crippen molar-refractivity contribution in [1.29, 1.82) is 0 Å². The number of quaternary nitrogens is 1. The number of hydrogen-bond donors (Lipinski definition) is 1. The number of hydrogen-bond acceptors (Lipinski definition) is 2. The SMILES string of the molecule is CCCCCCCCCCCCCCCCCCCCC(=O)[O-].[NH4+]. The average Bonchev–Trinajstić information content (AvgIpc) is 2.53. The van der Waals surface area contributed by atoms with E-state index in [1.807, 2.05) is 0 Å². The Morgan fingerprint density at radius 1 is 0.542 bits per heavy atom. The van der Waals surface area contributed by atoms with Crippen LogP contribution in [0.15, 0.2) is 0 Å². The van der Waals surface area contributed by atoms with Crippen LogP contribution in [0.25, 0.3) is 0 Å². The molecule has 0 bridgehead atoms. The molecule has 24 heavy (non-hydrogen) atoms. The molecule has 4 N–H and O–H groups in total. The van der Waals surface area contributed by atoms with Gasteiger partial charge in [0.25, 0.3) is 0 Å². The molecule has 0 aliphatic heterocycles. The van der Waals surface area contributed by atoms with Gasteiger partial charge in [0.2, 0.25) is 0 Å². The first kappa shape index (κ1) is 25.7. The summed E-state index contributed by atoms with van der Waals surface area (Å²) in [5, 5.41) is 10.3. The van der Waals surface area contributed by atoms with Crippen LogP contribution < -0.4 is 11.3 Å². The Kier molecular flexibility index (Phi) is 24.0. The van der Waals surface area contributed by atoms with Crippen LogP contribution >= 0.6 is 0 Å². The van der Waals surface area contributed by atoms with Crippen molar-refractivity contribution in [3.05, 3.63) is 0 Å². The molecule has 0 rings (SSSR count). The maximum atomic E-state index is 10.3. The van der Waals surface area contributed by atoms with E-state index in [9.17, 15) is 9.90 Å². The Morgan fingerprint density at radius 2 is 0.792 bits per heavy atom. The fraction of sp³-hybridized carbons (Fsp3) is 0.952. The maximum Gasteiger partial charge on any atom is 0.0414 e. The van der Waals surface area contributed by atoms with Gasteiger partial charge in [-0.1, -0.05) is 116 Å². The molecular formula is C21H45NO2. The zero-order valence-corrected chi connectivity index (χ0v) is 16.8. The summed E-state index contributed by atoms with van der Waals surface area (Å²) in [5.74, 6) is -0.901. The Labute approximate surface area is 151 Å². The lowest BCUT2D eigenvalue weighted by molar-refractivity contribution is -0.305. The van der Waals surface area contributed by atoms with Gasteiger partial charge in [0.1, 0.15) is 0 Å². The van der Waals surface area contributed by atoms with Crippen LogP contribution in [0.4, 0.5) is 0 Å². The summed E-state index contributed by atoms with van der Waals surface area (Å²) in [6, 6.07) is 0. The zero-order valence-electron chi connectivity index (χ0n) is 16.8. The summed E-state index contributed by atoms with van der Waals surface area (Å²) in [4.78, 5) is 10.3. The van der Waals surface area contributed by atoms with Crippen LogP contribution in [0.5, 0.6) is 0 Å². The van der Waals surface area contributed by atoms with Gasteiger partial charge in [-0.3, -0.25) is 0 Å². The summed E-state index contributed by atoms with van der Waals surface area (Å²) >= 11 is 0. The first-order chi connectivity index (χ1) is 11.3. The zero-order chi connectivity index (χ0) is 17.0. The van der Waals surface area contributed by atoms with Crippen molar-refractivity contribution in [2.24, 2.45) is 0 Å². The fourth-order valence-electron chi connectivity index (χ4n) is 3.17. The van der Waals surface area contributed by atoms with Crippen molar-refractivity contribution in [2.45, 2.75) is 129 Å². The normalized spacial score (nSPS) is 10.5. The van der Waals surface area contributed by atoms with Gasteiger partial charge in [-0.05, 0) is 12.8 Å². The third-order valence-electron chi connectivity index (χ3n) is 4.73. The van der Waals surface area contributed by atoms with Gasteiger partial charge < -0.3 is 16.1 Å². The van der Waals surface area contributed by atoms with E-state index in [0.29, 0.717) is 0 Å². The minimum absolute atomic E-state index is 0. The van der Waals surface area contributed by atoms with Gasteiger partial charge in [-0.25, -0.2) is 0 Å². The second-order valence-corrected chi connectivity index (χ2v) is 7.13. The number of aliphatic carboxylic acids is 1. The van der Waals surface area contributed by atoms with Gasteiger partial charge in [0.05, 0.1) is 0 Å². The molecule has 0 atom stereocenters. The van der Waals surface area contributed by atoms with E-state index in [2.05, 4.69) is 6.92 Å². The van der Waals surface area contributed by atoms with E-state index in [4.69, 9.17) is 0 Å². The number of carboxylic acid groups (broad SMARTS) is 1. The summed E-state index contributed by atoms with van der Waals surface area (Å²) in [6.07, 6.45) is 24.3. The molecule has 0 aromatic rings. The molecule has 0 amide bonds. The molecule has 0 unspecified atom stereocenters. The van der Waals surface area contributed by atoms with Gasteiger partial charge in [-0.15, -0.1) is 0 Å². The predicted octanol–water partition coefficient (Wildman–Crippen LogP) is 6.54. The van der Waals surface area contributed by atoms with E-state index >= 15 is 0 Å². The lowest BCUT2D eigenvalue weighted by Gasteiger charge is -2.04. The fourth-order valence-corrected chi connectivity index (χ4v) is 3.17. The van der Waals surface area contributed by atoms with Crippen LogP contribution in [0.3, 0.4) is 0 Å². The Morgan fingerprint density at radius 3 is 1.04 bits per heavy atom. The summed E-state index contributed by atoms with van der Waals surface area (Å²) in [6.45, 7) is 2.28. The van der Waals surface area contributed by atoms with E-state index in [-0.39, 0.29) is 12.6 Å². The van der Waals surface area contributed by atoms with Crippen molar-refractivity contribution >= 4 is 5.97 Å². The first-order valence-corrected chi connectivity index (χ1v) is 10.5. The number of rotatable bonds is 19. The summed E-state index contributed by atoms with van der Waals surface area (Å²) in [5.41, 5.74) is 0. The first-order valence-electron chi connectivity index (χ1n) is 10.5. The molecule has 0 spiro atoms. The molecule has 0 aliphatic rings. The molecule has 0 saturated carbocycles. The van der Waals surface area contributed by atoms with E-state index in [1.165, 1.54) is 103 Å². The standard InChI is InChI=1S/C21H42O2.H3N/c1-2-3-4-5-6-7-8-9-10-11-12-13-14-15-16-17-18-19-20-21(22)23;/h2-20H2,1H3,(H,22,23);1H3. The van der Waals surface area contributed by atoms with Crippen molar-refractivity contribution in [2.75, 3.05) is 0 Å². The van der Waals surface area contributed by atoms with Crippen LogP contribution in [0.2, 0.25) is 0 Å². The Balaban J connectivity index is 0. The van der Waals surface area contributed by atoms with E-state index in [1.54, 1.807) is 0 Å². The highest BCUT2D eigenvalue weighted by molar-refractivity contribution is 5.63. The minimum Gasteiger partial charge on any atom is -0.550 e. The monoisotopic (exact) mass is 343 g/mol. The van der Waals surface area contributed by atoms with Gasteiger partial charge >= 0.3 is 0 Å². The predicted molar refractivity (Wildman–Crippen MR) is 104 cm³/mol. The van der Waals surface area contributed by atoms with Crippen LogP contribution in [0.1, 0.15) is 129 Å². The second-order valence-electron chi connectivity index (χ2n) is 7.13. The van der Waals surface area contributed by atoms with E-state index in [0.717, 1.165) is 12.8 Å². The summed E-state index contributed by atoms with van der Waals surface area (Å²) in [7, 11) is 0. The topological polar surface area (TPSA) is 76.6 Å². The third-order valence-corrected chi connectivity index (χ3v) is 4.73. The molecule has 0 aromatic heterocycles. The largest absolute Gasteiger partial charge is 0.550 e. The molecule has 0 heterocycles. The molecular weight excluding hydrogens is 298 g/mol. The van der Waals surface area contributed by atoms with Gasteiger partial charge in [0.15, 0.2) is 0 Å². The Bertz CT molecular complexity index is 244. The quantitative estimate of drug-likeness (QED) is 0.270. The van der Waals surface area contributed by atoms with Crippen molar-refractivity contribution in [1.82, 2.24) is 6.15 Å². The highest BCUT2D eigenvalue weighted by Crippen LogP contribution is 2.14. The van der Waals surface area contributed by atoms with Gasteiger partial charge in [0, 0.05) is 5.97 Å². The van der Waals surface area contributed by atoms with Crippen molar-refractivity contribution in [3.63, 3.8) is 0 Å². The molecule has 3 nitrogen and oxygen atoms in total. The molecule has 3 heteroatoms. The second kappa shape index (κ2) is 22.4. The molecule has 0 fully saturated rings. The number of carbonyl (C=O) groups is 1. The number of carboxylic acids is 1. The molecule has 0 saturated heterocycles. The third kappa shape index (κ3) is 23.7. The lowest BCUT2D eigenvalue weighted by atomic mass is 10.0. The maximum absolute atomic E-state index is 10.3. The number of unbranched alkanes of at least 4 members (excludes halogenated alkanes) is 17. The smallest absolute Gasteiger partial charge is 0.0414 e. The lowest BCUT2D eigenvalue weighted by Crippen LogP contribution is -2.21. The molecule has 0 aliphatic carbocycles. The van der Waals surface area contributed by atoms with Crippen molar-refractivity contribution < 1.29 is 9.90 Å². The summed E-state index contributed by atoms with van der Waals surface area (Å²) < 4.78 is 0. The molecule has 0 radical (unpaired) electrons. The highest BCUT2D eigenvalue weighted by Gasteiger charge is 1.95. The van der Waals surface area contributed by atoms with Crippen LogP contribution in [-0.2, 0) is 4.79 Å². The minimum atomic E-state index is -0.901. The number of carbonyl (C=O) groups excluding carboxylic acids is 1. The molecule has 146 valence electrons. The Hall–Kier alpha value is -0.570. The van der Waals surface area contributed by atoms with E-state index < -0.39 is 5.97 Å². The van der Waals surface area contributed by atoms with Crippen LogP contribution in [0, 0.1) is 0 Å². The average molecular weight is 344 g/mol. The van der Waals surface area contributed by atoms with Gasteiger partial charge in [-0.2, -0.15) is 0 Å². The van der Waals surface area contributed by atoms with Crippen LogP contribution in [-0.4, -0.2) is 5.97 Å². The highest BCUT2D eigenvalue weighted by atomic mass is 16.4. The molecule has 0 aromatic carbocycles.